The standard InChI is InChI=1S/C45H91N2O6P/c1-6-8-10-12-14-16-18-20-22-23-25-27-29-31-33-35-37-39-45(49)46-43(42-53-54(50,51)52-41-40-47(3,4)5)44(48)38-36-34-32-30-28-26-24-21-19-17-15-13-11-9-7-2/h36,38,43-44,48H,6-35,37,39-42H2,1-5H3,(H-,46,49,50,51)/b38-36+/t43-,44+/m0/s1. The molecule has 0 aromatic rings. The first-order valence-corrected chi connectivity index (χ1v) is 24.5. The van der Waals surface area contributed by atoms with Crippen molar-refractivity contribution in [2.45, 2.75) is 231 Å². The van der Waals surface area contributed by atoms with E-state index in [1.54, 1.807) is 6.08 Å². The fourth-order valence-corrected chi connectivity index (χ4v) is 7.52. The number of carbonyl (C=O) groups excluding carboxylic acids is 1. The summed E-state index contributed by atoms with van der Waals surface area (Å²) in [6.07, 6.45) is 42.5. The van der Waals surface area contributed by atoms with Crippen molar-refractivity contribution >= 4 is 13.7 Å². The van der Waals surface area contributed by atoms with Crippen molar-refractivity contribution in [1.29, 1.82) is 0 Å². The lowest BCUT2D eigenvalue weighted by atomic mass is 10.0. The normalized spacial score (nSPS) is 14.4. The minimum absolute atomic E-state index is 0.00218. The second-order valence-electron chi connectivity index (χ2n) is 17.1. The zero-order chi connectivity index (χ0) is 40.0. The third kappa shape index (κ3) is 39.5. The Kier molecular flexibility index (Phi) is 37.3. The van der Waals surface area contributed by atoms with E-state index in [9.17, 15) is 19.4 Å². The fraction of sp³-hybridized carbons (Fsp3) is 0.933. The first kappa shape index (κ1) is 53.2. The predicted molar refractivity (Wildman–Crippen MR) is 229 cm³/mol. The number of phosphoric ester groups is 1. The van der Waals surface area contributed by atoms with Gasteiger partial charge in [-0.2, -0.15) is 0 Å². The molecule has 0 saturated carbocycles. The zero-order valence-corrected chi connectivity index (χ0v) is 37.3. The number of allylic oxidation sites excluding steroid dienone is 1. The number of carbonyl (C=O) groups is 1. The van der Waals surface area contributed by atoms with Crippen LogP contribution in [0.4, 0.5) is 0 Å². The number of phosphoric acid groups is 1. The van der Waals surface area contributed by atoms with E-state index < -0.39 is 20.0 Å². The Labute approximate surface area is 335 Å². The molecule has 8 nitrogen and oxygen atoms in total. The summed E-state index contributed by atoms with van der Waals surface area (Å²) >= 11 is 0. The molecule has 0 heterocycles. The van der Waals surface area contributed by atoms with Crippen LogP contribution in [0.2, 0.25) is 0 Å². The quantitative estimate of drug-likeness (QED) is 0.0276. The maximum Gasteiger partial charge on any atom is 0.268 e. The largest absolute Gasteiger partial charge is 0.756 e. The third-order valence-electron chi connectivity index (χ3n) is 10.5. The summed E-state index contributed by atoms with van der Waals surface area (Å²) in [5, 5.41) is 13.8. The number of unbranched alkanes of at least 4 members (excludes halogenated alkanes) is 29. The van der Waals surface area contributed by atoms with Crippen molar-refractivity contribution in [2.75, 3.05) is 40.9 Å². The molecule has 1 unspecified atom stereocenters. The summed E-state index contributed by atoms with van der Waals surface area (Å²) in [4.78, 5) is 25.3. The van der Waals surface area contributed by atoms with Gasteiger partial charge in [-0.25, -0.2) is 0 Å². The average Bonchev–Trinajstić information content (AvgIpc) is 3.12. The van der Waals surface area contributed by atoms with Gasteiger partial charge < -0.3 is 28.8 Å². The van der Waals surface area contributed by atoms with Crippen LogP contribution in [0.25, 0.3) is 0 Å². The van der Waals surface area contributed by atoms with Gasteiger partial charge in [0.1, 0.15) is 13.2 Å². The Bertz CT molecular complexity index is 896. The lowest BCUT2D eigenvalue weighted by Crippen LogP contribution is -2.45. The number of quaternary nitrogens is 1. The smallest absolute Gasteiger partial charge is 0.268 e. The molecule has 0 aliphatic carbocycles. The van der Waals surface area contributed by atoms with E-state index in [4.69, 9.17) is 9.05 Å². The highest BCUT2D eigenvalue weighted by atomic mass is 31.2. The Balaban J connectivity index is 4.37. The summed E-state index contributed by atoms with van der Waals surface area (Å²) in [6, 6.07) is -0.879. The molecule has 322 valence electrons. The van der Waals surface area contributed by atoms with Crippen LogP contribution in [0.1, 0.15) is 219 Å². The summed E-state index contributed by atoms with van der Waals surface area (Å²) in [6.45, 7) is 4.66. The van der Waals surface area contributed by atoms with Gasteiger partial charge in [0, 0.05) is 6.42 Å². The first-order chi connectivity index (χ1) is 26.0. The lowest BCUT2D eigenvalue weighted by molar-refractivity contribution is -0.870. The predicted octanol–water partition coefficient (Wildman–Crippen LogP) is 12.1. The monoisotopic (exact) mass is 787 g/mol. The van der Waals surface area contributed by atoms with Crippen LogP contribution >= 0.6 is 7.82 Å². The molecule has 0 spiro atoms. The highest BCUT2D eigenvalue weighted by molar-refractivity contribution is 7.45. The van der Waals surface area contributed by atoms with Crippen LogP contribution in [0.15, 0.2) is 12.2 Å². The van der Waals surface area contributed by atoms with Crippen molar-refractivity contribution in [2.24, 2.45) is 0 Å². The molecule has 0 rings (SSSR count). The average molecular weight is 787 g/mol. The van der Waals surface area contributed by atoms with Crippen LogP contribution in [-0.2, 0) is 18.4 Å². The van der Waals surface area contributed by atoms with E-state index in [1.165, 1.54) is 161 Å². The van der Waals surface area contributed by atoms with E-state index in [-0.39, 0.29) is 19.1 Å². The summed E-state index contributed by atoms with van der Waals surface area (Å²) in [5.74, 6) is -0.194. The Hall–Kier alpha value is -0.760. The Morgan fingerprint density at radius 3 is 1.39 bits per heavy atom. The van der Waals surface area contributed by atoms with E-state index in [2.05, 4.69) is 19.2 Å². The number of hydrogen-bond donors (Lipinski definition) is 2. The van der Waals surface area contributed by atoms with Gasteiger partial charge in [-0.1, -0.05) is 206 Å². The molecule has 0 aromatic heterocycles. The highest BCUT2D eigenvalue weighted by Gasteiger charge is 2.23. The lowest BCUT2D eigenvalue weighted by Gasteiger charge is -2.29. The van der Waals surface area contributed by atoms with Crippen molar-refractivity contribution in [3.63, 3.8) is 0 Å². The maximum atomic E-state index is 12.9. The minimum atomic E-state index is -4.58. The topological polar surface area (TPSA) is 108 Å². The van der Waals surface area contributed by atoms with Crippen molar-refractivity contribution in [3.8, 4) is 0 Å². The molecule has 0 aliphatic rings. The molecule has 2 N–H and O–H groups in total. The number of amides is 1. The van der Waals surface area contributed by atoms with Gasteiger partial charge in [-0.05, 0) is 19.3 Å². The first-order valence-electron chi connectivity index (χ1n) is 23.1. The molecule has 9 heteroatoms. The van der Waals surface area contributed by atoms with Gasteiger partial charge in [0.2, 0.25) is 5.91 Å². The van der Waals surface area contributed by atoms with E-state index >= 15 is 0 Å². The van der Waals surface area contributed by atoms with Gasteiger partial charge in [-0.15, -0.1) is 0 Å². The molecule has 0 aliphatic heterocycles. The summed E-state index contributed by atoms with van der Waals surface area (Å²) < 4.78 is 23.2. The van der Waals surface area contributed by atoms with E-state index in [0.717, 1.165) is 38.5 Å². The number of aliphatic hydroxyl groups excluding tert-OH is 1. The number of hydrogen-bond acceptors (Lipinski definition) is 6. The van der Waals surface area contributed by atoms with Crippen molar-refractivity contribution in [3.05, 3.63) is 12.2 Å². The zero-order valence-electron chi connectivity index (χ0n) is 36.4. The highest BCUT2D eigenvalue weighted by Crippen LogP contribution is 2.38. The summed E-state index contributed by atoms with van der Waals surface area (Å²) in [5.41, 5.74) is 0. The van der Waals surface area contributed by atoms with Gasteiger partial charge >= 0.3 is 0 Å². The van der Waals surface area contributed by atoms with Crippen LogP contribution < -0.4 is 10.2 Å². The molecule has 0 radical (unpaired) electrons. The van der Waals surface area contributed by atoms with E-state index in [1.807, 2.05) is 27.2 Å². The number of rotatable bonds is 42. The molecule has 1 amide bonds. The minimum Gasteiger partial charge on any atom is -0.756 e. The molecular formula is C45H91N2O6P. The second-order valence-corrected chi connectivity index (χ2v) is 18.5. The van der Waals surface area contributed by atoms with E-state index in [0.29, 0.717) is 17.4 Å². The third-order valence-corrected chi connectivity index (χ3v) is 11.5. The van der Waals surface area contributed by atoms with Crippen LogP contribution in [-0.4, -0.2) is 68.5 Å². The summed E-state index contributed by atoms with van der Waals surface area (Å²) in [7, 11) is 1.27. The molecule has 0 fully saturated rings. The van der Waals surface area contributed by atoms with Gasteiger partial charge in [0.15, 0.2) is 0 Å². The van der Waals surface area contributed by atoms with Crippen molar-refractivity contribution in [1.82, 2.24) is 5.32 Å². The molecule has 0 aromatic carbocycles. The van der Waals surface area contributed by atoms with Crippen molar-refractivity contribution < 1.29 is 32.9 Å². The van der Waals surface area contributed by atoms with Crippen LogP contribution in [0.5, 0.6) is 0 Å². The SMILES string of the molecule is CCCCCCCCCCCCCCC/C=C/[C@@H](O)[C@H](COP(=O)([O-])OCC[N+](C)(C)C)NC(=O)CCCCCCCCCCCCCCCCCCC. The van der Waals surface area contributed by atoms with Crippen LogP contribution in [0, 0.1) is 0 Å². The molecular weight excluding hydrogens is 695 g/mol. The van der Waals surface area contributed by atoms with Gasteiger partial charge in [0.25, 0.3) is 7.82 Å². The number of aliphatic hydroxyl groups is 1. The molecule has 0 bridgehead atoms. The molecule has 0 saturated heterocycles. The second kappa shape index (κ2) is 37.8. The Morgan fingerprint density at radius 2 is 1.00 bits per heavy atom. The molecule has 3 atom stereocenters. The van der Waals surface area contributed by atoms with Gasteiger partial charge in [0.05, 0.1) is 39.9 Å². The number of nitrogens with one attached hydrogen (secondary N) is 1. The fourth-order valence-electron chi connectivity index (χ4n) is 6.80. The van der Waals surface area contributed by atoms with Crippen LogP contribution in [0.3, 0.4) is 0 Å². The molecule has 54 heavy (non-hydrogen) atoms. The van der Waals surface area contributed by atoms with Gasteiger partial charge in [-0.3, -0.25) is 9.36 Å². The Morgan fingerprint density at radius 1 is 0.630 bits per heavy atom. The number of likely N-dealkylation sites (N-methyl/N-ethyl adjacent to an activating group) is 1. The maximum absolute atomic E-state index is 12.9. The number of nitrogens with zero attached hydrogens (tertiary/aromatic N) is 1.